The predicted octanol–water partition coefficient (Wildman–Crippen LogP) is 4.50. The Morgan fingerprint density at radius 2 is 1.88 bits per heavy atom. The molecule has 0 unspecified atom stereocenters. The van der Waals surface area contributed by atoms with Gasteiger partial charge in [0.1, 0.15) is 5.78 Å². The number of para-hydroxylation sites is 1. The summed E-state index contributed by atoms with van der Waals surface area (Å²) in [5.74, 6) is 0.100. The number of carbonyl (C=O) groups is 2. The van der Waals surface area contributed by atoms with Crippen LogP contribution in [0.1, 0.15) is 35.3 Å². The van der Waals surface area contributed by atoms with E-state index in [1.807, 2.05) is 63.2 Å². The third-order valence-corrected chi connectivity index (χ3v) is 4.40. The Hall–Kier alpha value is -2.88. The van der Waals surface area contributed by atoms with Crippen molar-refractivity contribution in [1.82, 2.24) is 4.98 Å². The van der Waals surface area contributed by atoms with Crippen LogP contribution in [0, 0.1) is 12.8 Å². The first-order chi connectivity index (χ1) is 12.0. The van der Waals surface area contributed by atoms with E-state index in [9.17, 15) is 9.59 Å². The average Bonchev–Trinajstić information content (AvgIpc) is 3.01. The van der Waals surface area contributed by atoms with E-state index in [0.29, 0.717) is 12.0 Å². The van der Waals surface area contributed by atoms with Gasteiger partial charge in [-0.15, -0.1) is 0 Å². The van der Waals surface area contributed by atoms with Gasteiger partial charge in [0.2, 0.25) is 0 Å². The van der Waals surface area contributed by atoms with Gasteiger partial charge in [-0.05, 0) is 30.2 Å². The second-order valence-electron chi connectivity index (χ2n) is 6.65. The SMILES string of the molecule is Cc1cc(CC(=O)C(C)C)ccc1NC(=O)c1c[nH]c2ccccc12. The van der Waals surface area contributed by atoms with E-state index in [4.69, 9.17) is 0 Å². The molecule has 4 nitrogen and oxygen atoms in total. The topological polar surface area (TPSA) is 62.0 Å². The molecule has 0 spiro atoms. The number of carbonyl (C=O) groups excluding carboxylic acids is 2. The van der Waals surface area contributed by atoms with Crippen LogP contribution in [-0.2, 0) is 11.2 Å². The summed E-state index contributed by atoms with van der Waals surface area (Å²) in [5, 5.41) is 3.86. The number of hydrogen-bond acceptors (Lipinski definition) is 2. The molecule has 0 atom stereocenters. The summed E-state index contributed by atoms with van der Waals surface area (Å²) in [5.41, 5.74) is 4.24. The third kappa shape index (κ3) is 3.63. The highest BCUT2D eigenvalue weighted by Crippen LogP contribution is 2.22. The quantitative estimate of drug-likeness (QED) is 0.722. The monoisotopic (exact) mass is 334 g/mol. The number of H-pyrrole nitrogens is 1. The molecule has 0 bridgehead atoms. The molecular formula is C21H22N2O2. The fourth-order valence-electron chi connectivity index (χ4n) is 2.83. The molecule has 0 aliphatic heterocycles. The van der Waals surface area contributed by atoms with Crippen LogP contribution in [-0.4, -0.2) is 16.7 Å². The summed E-state index contributed by atoms with van der Waals surface area (Å²) in [6.45, 7) is 5.75. The summed E-state index contributed by atoms with van der Waals surface area (Å²) >= 11 is 0. The molecule has 3 aromatic rings. The van der Waals surface area contributed by atoms with Crippen LogP contribution < -0.4 is 5.32 Å². The van der Waals surface area contributed by atoms with E-state index >= 15 is 0 Å². The van der Waals surface area contributed by atoms with E-state index in [0.717, 1.165) is 27.7 Å². The van der Waals surface area contributed by atoms with Crippen LogP contribution in [0.3, 0.4) is 0 Å². The van der Waals surface area contributed by atoms with Crippen molar-refractivity contribution in [2.45, 2.75) is 27.2 Å². The van der Waals surface area contributed by atoms with E-state index in [-0.39, 0.29) is 17.6 Å². The molecule has 0 saturated carbocycles. The molecule has 0 aliphatic rings. The lowest BCUT2D eigenvalue weighted by molar-refractivity contribution is -0.121. The van der Waals surface area contributed by atoms with Gasteiger partial charge in [0.15, 0.2) is 0 Å². The highest BCUT2D eigenvalue weighted by molar-refractivity contribution is 6.13. The van der Waals surface area contributed by atoms with Crippen LogP contribution in [0.15, 0.2) is 48.7 Å². The summed E-state index contributed by atoms with van der Waals surface area (Å²) in [6, 6.07) is 13.4. The number of hydrogen-bond donors (Lipinski definition) is 2. The zero-order valence-corrected chi connectivity index (χ0v) is 14.7. The van der Waals surface area contributed by atoms with Gasteiger partial charge in [-0.25, -0.2) is 0 Å². The van der Waals surface area contributed by atoms with E-state index in [1.54, 1.807) is 6.20 Å². The summed E-state index contributed by atoms with van der Waals surface area (Å²) in [4.78, 5) is 27.6. The minimum absolute atomic E-state index is 0.0292. The maximum Gasteiger partial charge on any atom is 0.257 e. The molecule has 2 N–H and O–H groups in total. The highest BCUT2D eigenvalue weighted by Gasteiger charge is 2.14. The average molecular weight is 334 g/mol. The van der Waals surface area contributed by atoms with E-state index < -0.39 is 0 Å². The number of aromatic amines is 1. The van der Waals surface area contributed by atoms with Gasteiger partial charge in [0, 0.05) is 35.1 Å². The van der Waals surface area contributed by atoms with Gasteiger partial charge in [0.05, 0.1) is 5.56 Å². The molecule has 25 heavy (non-hydrogen) atoms. The molecule has 2 aromatic carbocycles. The van der Waals surface area contributed by atoms with Crippen molar-refractivity contribution in [1.29, 1.82) is 0 Å². The van der Waals surface area contributed by atoms with Gasteiger partial charge < -0.3 is 10.3 Å². The molecule has 1 amide bonds. The van der Waals surface area contributed by atoms with Gasteiger partial charge in [-0.3, -0.25) is 9.59 Å². The Morgan fingerprint density at radius 3 is 2.60 bits per heavy atom. The standard InChI is InChI=1S/C21H22N2O2/c1-13(2)20(24)11-15-8-9-18(14(3)10-15)23-21(25)17-12-22-19-7-5-4-6-16(17)19/h4-10,12-13,22H,11H2,1-3H3,(H,23,25). The minimum Gasteiger partial charge on any atom is -0.360 e. The number of benzene rings is 2. The van der Waals surface area contributed by atoms with Crippen molar-refractivity contribution in [3.8, 4) is 0 Å². The molecule has 0 aliphatic carbocycles. The van der Waals surface area contributed by atoms with Gasteiger partial charge in [-0.2, -0.15) is 0 Å². The first kappa shape index (κ1) is 17.0. The number of fused-ring (bicyclic) bond motifs is 1. The van der Waals surface area contributed by atoms with Gasteiger partial charge >= 0.3 is 0 Å². The van der Waals surface area contributed by atoms with Crippen molar-refractivity contribution < 1.29 is 9.59 Å². The van der Waals surface area contributed by atoms with Crippen LogP contribution in [0.25, 0.3) is 10.9 Å². The number of aryl methyl sites for hydroxylation is 1. The molecule has 3 rings (SSSR count). The molecular weight excluding hydrogens is 312 g/mol. The lowest BCUT2D eigenvalue weighted by atomic mass is 9.99. The zero-order chi connectivity index (χ0) is 18.0. The van der Waals surface area contributed by atoms with Crippen LogP contribution in [0.5, 0.6) is 0 Å². The number of rotatable bonds is 5. The number of amides is 1. The fourth-order valence-corrected chi connectivity index (χ4v) is 2.83. The fraction of sp³-hybridized carbons (Fsp3) is 0.238. The number of ketones is 1. The Morgan fingerprint density at radius 1 is 1.12 bits per heavy atom. The molecule has 1 heterocycles. The molecule has 1 aromatic heterocycles. The predicted molar refractivity (Wildman–Crippen MR) is 101 cm³/mol. The largest absolute Gasteiger partial charge is 0.360 e. The second-order valence-corrected chi connectivity index (χ2v) is 6.65. The zero-order valence-electron chi connectivity index (χ0n) is 14.7. The van der Waals surface area contributed by atoms with Crippen LogP contribution >= 0.6 is 0 Å². The molecule has 0 radical (unpaired) electrons. The Bertz CT molecular complexity index is 938. The van der Waals surface area contributed by atoms with Crippen molar-refractivity contribution in [3.05, 3.63) is 65.4 Å². The first-order valence-electron chi connectivity index (χ1n) is 8.45. The van der Waals surface area contributed by atoms with Crippen LogP contribution in [0.2, 0.25) is 0 Å². The molecule has 0 saturated heterocycles. The lowest BCUT2D eigenvalue weighted by Gasteiger charge is -2.11. The molecule has 128 valence electrons. The Labute approximate surface area is 147 Å². The maximum absolute atomic E-state index is 12.6. The lowest BCUT2D eigenvalue weighted by Crippen LogP contribution is -2.13. The number of anilines is 1. The van der Waals surface area contributed by atoms with Crippen molar-refractivity contribution in [2.24, 2.45) is 5.92 Å². The summed E-state index contributed by atoms with van der Waals surface area (Å²) in [6.07, 6.45) is 2.15. The van der Waals surface area contributed by atoms with Crippen molar-refractivity contribution >= 4 is 28.3 Å². The number of aromatic nitrogens is 1. The molecule has 0 fully saturated rings. The van der Waals surface area contributed by atoms with Crippen molar-refractivity contribution in [3.63, 3.8) is 0 Å². The summed E-state index contributed by atoms with van der Waals surface area (Å²) < 4.78 is 0. The normalized spacial score (nSPS) is 11.0. The molecule has 4 heteroatoms. The third-order valence-electron chi connectivity index (χ3n) is 4.40. The van der Waals surface area contributed by atoms with E-state index in [2.05, 4.69) is 10.3 Å². The minimum atomic E-state index is -0.147. The van der Waals surface area contributed by atoms with E-state index in [1.165, 1.54) is 0 Å². The van der Waals surface area contributed by atoms with Crippen LogP contribution in [0.4, 0.5) is 5.69 Å². The maximum atomic E-state index is 12.6. The Balaban J connectivity index is 1.78. The second kappa shape index (κ2) is 6.93. The number of nitrogens with one attached hydrogen (secondary N) is 2. The summed E-state index contributed by atoms with van der Waals surface area (Å²) in [7, 11) is 0. The van der Waals surface area contributed by atoms with Gasteiger partial charge in [-0.1, -0.05) is 44.2 Å². The highest BCUT2D eigenvalue weighted by atomic mass is 16.1. The smallest absolute Gasteiger partial charge is 0.257 e. The first-order valence-corrected chi connectivity index (χ1v) is 8.45. The van der Waals surface area contributed by atoms with Crippen molar-refractivity contribution in [2.75, 3.05) is 5.32 Å². The van der Waals surface area contributed by atoms with Gasteiger partial charge in [0.25, 0.3) is 5.91 Å². The Kier molecular flexibility index (Phi) is 4.70. The number of Topliss-reactive ketones (excluding diaryl/α,β-unsaturated/α-hetero) is 1.